The van der Waals surface area contributed by atoms with Crippen LogP contribution in [0.5, 0.6) is 5.75 Å². The highest BCUT2D eigenvalue weighted by Gasteiger charge is 2.05. The minimum absolute atomic E-state index is 0.0824. The first-order chi connectivity index (χ1) is 9.78. The van der Waals surface area contributed by atoms with Gasteiger partial charge < -0.3 is 14.8 Å². The Bertz CT molecular complexity index is 794. The van der Waals surface area contributed by atoms with Gasteiger partial charge in [0.05, 0.1) is 0 Å². The van der Waals surface area contributed by atoms with E-state index in [1.807, 2.05) is 30.3 Å². The summed E-state index contributed by atoms with van der Waals surface area (Å²) in [5.41, 5.74) is 2.39. The summed E-state index contributed by atoms with van der Waals surface area (Å²) >= 11 is 0. The lowest BCUT2D eigenvalue weighted by Crippen LogP contribution is -2.04. The molecule has 4 heteroatoms. The van der Waals surface area contributed by atoms with E-state index in [0.717, 1.165) is 16.8 Å². The Morgan fingerprint density at radius 3 is 2.60 bits per heavy atom. The number of pyridine rings is 1. The number of hydrogen-bond acceptors (Lipinski definition) is 3. The largest absolute Gasteiger partial charge is 0.468 e. The number of nitrogens with one attached hydrogen (secondary N) is 1. The summed E-state index contributed by atoms with van der Waals surface area (Å²) in [4.78, 5) is 15.4. The van der Waals surface area contributed by atoms with E-state index in [-0.39, 0.29) is 5.43 Å². The molecule has 0 spiro atoms. The molecule has 0 aliphatic rings. The van der Waals surface area contributed by atoms with Gasteiger partial charge in [-0.25, -0.2) is 0 Å². The maximum atomic E-state index is 12.2. The Morgan fingerprint density at radius 1 is 1.05 bits per heavy atom. The van der Waals surface area contributed by atoms with Crippen LogP contribution in [-0.4, -0.2) is 16.9 Å². The Hall–Kier alpha value is -2.59. The Kier molecular flexibility index (Phi) is 3.23. The van der Waals surface area contributed by atoms with E-state index in [1.165, 1.54) is 0 Å². The second-order valence-corrected chi connectivity index (χ2v) is 4.39. The molecule has 0 bridgehead atoms. The summed E-state index contributed by atoms with van der Waals surface area (Å²) in [6.45, 7) is -0.411. The lowest BCUT2D eigenvalue weighted by atomic mass is 10.1. The van der Waals surface area contributed by atoms with Crippen molar-refractivity contribution in [1.82, 2.24) is 4.98 Å². The molecule has 20 heavy (non-hydrogen) atoms. The van der Waals surface area contributed by atoms with Crippen molar-refractivity contribution in [3.8, 4) is 17.0 Å². The van der Waals surface area contributed by atoms with Crippen LogP contribution in [0, 0.1) is 0 Å². The molecule has 1 heterocycles. The van der Waals surface area contributed by atoms with Gasteiger partial charge in [-0.15, -0.1) is 0 Å². The van der Waals surface area contributed by atoms with Crippen molar-refractivity contribution >= 4 is 10.9 Å². The van der Waals surface area contributed by atoms with Crippen LogP contribution in [0.1, 0.15) is 0 Å². The maximum absolute atomic E-state index is 12.2. The fourth-order valence-corrected chi connectivity index (χ4v) is 2.16. The van der Waals surface area contributed by atoms with Crippen LogP contribution in [0.15, 0.2) is 59.4 Å². The van der Waals surface area contributed by atoms with Crippen LogP contribution in [0.3, 0.4) is 0 Å². The second-order valence-electron chi connectivity index (χ2n) is 4.39. The molecule has 0 fully saturated rings. The SMILES string of the molecule is O=c1cc(-c2ccccc2)[nH]c2ccc(OCO)cc12. The number of fused-ring (bicyclic) bond motifs is 1. The molecule has 4 nitrogen and oxygen atoms in total. The minimum Gasteiger partial charge on any atom is -0.468 e. The molecular weight excluding hydrogens is 254 g/mol. The number of aliphatic hydroxyl groups excluding tert-OH is 1. The first-order valence-corrected chi connectivity index (χ1v) is 6.24. The Balaban J connectivity index is 2.16. The molecule has 0 atom stereocenters. The third kappa shape index (κ3) is 2.29. The Morgan fingerprint density at radius 2 is 1.85 bits per heavy atom. The first kappa shape index (κ1) is 12.4. The molecule has 0 saturated heterocycles. The van der Waals surface area contributed by atoms with E-state index in [1.54, 1.807) is 24.3 Å². The van der Waals surface area contributed by atoms with Gasteiger partial charge in [0.15, 0.2) is 12.2 Å². The van der Waals surface area contributed by atoms with Crippen molar-refractivity contribution < 1.29 is 9.84 Å². The van der Waals surface area contributed by atoms with Crippen LogP contribution in [0.2, 0.25) is 0 Å². The van der Waals surface area contributed by atoms with Crippen LogP contribution in [0.25, 0.3) is 22.2 Å². The zero-order valence-electron chi connectivity index (χ0n) is 10.7. The van der Waals surface area contributed by atoms with Gasteiger partial charge in [-0.1, -0.05) is 30.3 Å². The standard InChI is InChI=1S/C16H13NO3/c18-10-20-12-6-7-14-13(8-12)16(19)9-15(17-14)11-4-2-1-3-5-11/h1-9,18H,10H2,(H,17,19). The van der Waals surface area contributed by atoms with Crippen molar-refractivity contribution in [2.24, 2.45) is 0 Å². The number of H-pyrrole nitrogens is 1. The normalized spacial score (nSPS) is 10.7. The van der Waals surface area contributed by atoms with Crippen molar-refractivity contribution in [3.05, 3.63) is 64.8 Å². The number of benzene rings is 2. The zero-order valence-corrected chi connectivity index (χ0v) is 10.7. The summed E-state index contributed by atoms with van der Waals surface area (Å²) in [6.07, 6.45) is 0. The highest BCUT2D eigenvalue weighted by atomic mass is 16.6. The predicted molar refractivity (Wildman–Crippen MR) is 77.7 cm³/mol. The van der Waals surface area contributed by atoms with Crippen LogP contribution in [-0.2, 0) is 0 Å². The van der Waals surface area contributed by atoms with Crippen LogP contribution >= 0.6 is 0 Å². The van der Waals surface area contributed by atoms with E-state index in [9.17, 15) is 4.79 Å². The van der Waals surface area contributed by atoms with E-state index in [0.29, 0.717) is 11.1 Å². The van der Waals surface area contributed by atoms with Gasteiger partial charge in [0.25, 0.3) is 0 Å². The first-order valence-electron chi connectivity index (χ1n) is 6.24. The molecule has 2 aromatic carbocycles. The number of aromatic amines is 1. The molecule has 0 unspecified atom stereocenters. The van der Waals surface area contributed by atoms with E-state index < -0.39 is 6.79 Å². The molecule has 3 rings (SSSR count). The summed E-state index contributed by atoms with van der Waals surface area (Å²) < 4.78 is 4.99. The lowest BCUT2D eigenvalue weighted by Gasteiger charge is -2.06. The van der Waals surface area contributed by atoms with Crippen molar-refractivity contribution in [3.63, 3.8) is 0 Å². The van der Waals surface area contributed by atoms with Gasteiger partial charge in [-0.3, -0.25) is 4.79 Å². The van der Waals surface area contributed by atoms with Crippen molar-refractivity contribution in [1.29, 1.82) is 0 Å². The summed E-state index contributed by atoms with van der Waals surface area (Å²) in [6, 6.07) is 16.4. The molecule has 100 valence electrons. The minimum atomic E-state index is -0.411. The fraction of sp³-hybridized carbons (Fsp3) is 0.0625. The Labute approximate surface area is 115 Å². The molecule has 0 aliphatic heterocycles. The highest BCUT2D eigenvalue weighted by molar-refractivity contribution is 5.82. The van der Waals surface area contributed by atoms with Gasteiger partial charge in [-0.2, -0.15) is 0 Å². The summed E-state index contributed by atoms with van der Waals surface area (Å²) in [5, 5.41) is 9.28. The number of aliphatic hydroxyl groups is 1. The average Bonchev–Trinajstić information content (AvgIpc) is 2.49. The molecular formula is C16H13NO3. The molecule has 2 N–H and O–H groups in total. The molecule has 0 saturated carbocycles. The quantitative estimate of drug-likeness (QED) is 0.717. The van der Waals surface area contributed by atoms with Gasteiger partial charge in [-0.05, 0) is 23.8 Å². The van der Waals surface area contributed by atoms with Gasteiger partial charge in [0.2, 0.25) is 0 Å². The lowest BCUT2D eigenvalue weighted by molar-refractivity contribution is 0.0987. The number of rotatable bonds is 3. The van der Waals surface area contributed by atoms with Crippen molar-refractivity contribution in [2.75, 3.05) is 6.79 Å². The molecule has 3 aromatic rings. The van der Waals surface area contributed by atoms with E-state index in [4.69, 9.17) is 9.84 Å². The van der Waals surface area contributed by atoms with E-state index >= 15 is 0 Å². The third-order valence-electron chi connectivity index (χ3n) is 3.12. The number of ether oxygens (including phenoxy) is 1. The highest BCUT2D eigenvalue weighted by Crippen LogP contribution is 2.21. The monoisotopic (exact) mass is 267 g/mol. The second kappa shape index (κ2) is 5.19. The van der Waals surface area contributed by atoms with Gasteiger partial charge in [0.1, 0.15) is 5.75 Å². The molecule has 0 radical (unpaired) electrons. The van der Waals surface area contributed by atoms with Gasteiger partial charge >= 0.3 is 0 Å². The smallest absolute Gasteiger partial charge is 0.190 e. The van der Waals surface area contributed by atoms with Crippen LogP contribution < -0.4 is 10.2 Å². The zero-order chi connectivity index (χ0) is 13.9. The molecule has 0 aliphatic carbocycles. The topological polar surface area (TPSA) is 62.3 Å². The maximum Gasteiger partial charge on any atom is 0.190 e. The number of hydrogen-bond donors (Lipinski definition) is 2. The number of aromatic nitrogens is 1. The average molecular weight is 267 g/mol. The third-order valence-corrected chi connectivity index (χ3v) is 3.12. The molecule has 0 amide bonds. The summed E-state index contributed by atoms with van der Waals surface area (Å²) in [5.74, 6) is 0.470. The molecule has 1 aromatic heterocycles. The predicted octanol–water partition coefficient (Wildman–Crippen LogP) is 2.52. The van der Waals surface area contributed by atoms with Gasteiger partial charge in [0, 0.05) is 22.7 Å². The summed E-state index contributed by atoms with van der Waals surface area (Å²) in [7, 11) is 0. The fourth-order valence-electron chi connectivity index (χ4n) is 2.16. The van der Waals surface area contributed by atoms with Crippen molar-refractivity contribution in [2.45, 2.75) is 0 Å². The van der Waals surface area contributed by atoms with Crippen LogP contribution in [0.4, 0.5) is 0 Å². The van der Waals surface area contributed by atoms with E-state index in [2.05, 4.69) is 4.98 Å².